The van der Waals surface area contributed by atoms with Crippen LogP contribution in [0.5, 0.6) is 0 Å². The van der Waals surface area contributed by atoms with Crippen molar-refractivity contribution >= 4 is 5.97 Å². The number of hydrogen-bond acceptors (Lipinski definition) is 2. The van der Waals surface area contributed by atoms with Gasteiger partial charge in [0.05, 0.1) is 5.41 Å². The minimum atomic E-state index is -0.584. The number of carboxylic acids is 1. The first kappa shape index (κ1) is 10.8. The number of nitrogens with zero attached hydrogens (tertiary/aromatic N) is 1. The second-order valence-electron chi connectivity index (χ2n) is 5.61. The predicted molar refractivity (Wildman–Crippen MR) is 63.5 cm³/mol. The lowest BCUT2D eigenvalue weighted by Gasteiger charge is -2.25. The molecular formula is C14H17NO2. The van der Waals surface area contributed by atoms with Crippen LogP contribution in [0.3, 0.4) is 0 Å². The topological polar surface area (TPSA) is 50.2 Å². The number of pyridine rings is 1. The van der Waals surface area contributed by atoms with Crippen LogP contribution in [0.15, 0.2) is 24.5 Å². The van der Waals surface area contributed by atoms with Gasteiger partial charge in [-0.25, -0.2) is 0 Å². The standard InChI is InChI=1S/C14H17NO2/c16-13(17)14(8-11-7-12(11)9-14)4-1-10-2-5-15-6-3-10/h2-3,5-6,11-12H,1,4,7-9H2,(H,16,17). The number of aliphatic carboxylic acids is 1. The van der Waals surface area contributed by atoms with Crippen LogP contribution in [0.4, 0.5) is 0 Å². The van der Waals surface area contributed by atoms with Crippen LogP contribution in [0, 0.1) is 17.3 Å². The van der Waals surface area contributed by atoms with Crippen molar-refractivity contribution in [3.63, 3.8) is 0 Å². The Morgan fingerprint density at radius 3 is 2.59 bits per heavy atom. The number of aryl methyl sites for hydroxylation is 1. The van der Waals surface area contributed by atoms with E-state index in [0.29, 0.717) is 11.8 Å². The van der Waals surface area contributed by atoms with Gasteiger partial charge in [0.15, 0.2) is 0 Å². The van der Waals surface area contributed by atoms with E-state index in [1.807, 2.05) is 12.1 Å². The maximum Gasteiger partial charge on any atom is 0.309 e. The van der Waals surface area contributed by atoms with Crippen LogP contribution in [-0.2, 0) is 11.2 Å². The molecule has 0 bridgehead atoms. The molecule has 2 unspecified atom stereocenters. The molecule has 2 aliphatic rings. The lowest BCUT2D eigenvalue weighted by molar-refractivity contribution is -0.149. The van der Waals surface area contributed by atoms with E-state index in [1.165, 1.54) is 12.0 Å². The molecule has 0 spiro atoms. The van der Waals surface area contributed by atoms with Crippen LogP contribution in [0.2, 0.25) is 0 Å². The van der Waals surface area contributed by atoms with Gasteiger partial charge in [0, 0.05) is 12.4 Å². The summed E-state index contributed by atoms with van der Waals surface area (Å²) in [7, 11) is 0. The van der Waals surface area contributed by atoms with E-state index in [9.17, 15) is 9.90 Å². The Labute approximate surface area is 101 Å². The SMILES string of the molecule is O=C(O)C1(CCc2ccncc2)CC2CC2C1. The lowest BCUT2D eigenvalue weighted by Crippen LogP contribution is -2.30. The molecule has 0 saturated heterocycles. The van der Waals surface area contributed by atoms with Gasteiger partial charge in [-0.1, -0.05) is 0 Å². The van der Waals surface area contributed by atoms with Crippen LogP contribution in [-0.4, -0.2) is 16.1 Å². The van der Waals surface area contributed by atoms with Crippen molar-refractivity contribution in [1.82, 2.24) is 4.98 Å². The highest BCUT2D eigenvalue weighted by Gasteiger charge is 2.56. The molecule has 0 aromatic carbocycles. The maximum atomic E-state index is 11.5. The van der Waals surface area contributed by atoms with Crippen molar-refractivity contribution in [3.8, 4) is 0 Å². The zero-order valence-electron chi connectivity index (χ0n) is 9.80. The van der Waals surface area contributed by atoms with E-state index in [4.69, 9.17) is 0 Å². The van der Waals surface area contributed by atoms with E-state index in [2.05, 4.69) is 4.98 Å². The Kier molecular flexibility index (Phi) is 2.42. The van der Waals surface area contributed by atoms with Gasteiger partial charge in [-0.2, -0.15) is 0 Å². The van der Waals surface area contributed by atoms with E-state index in [-0.39, 0.29) is 0 Å². The zero-order valence-corrected chi connectivity index (χ0v) is 9.80. The summed E-state index contributed by atoms with van der Waals surface area (Å²) < 4.78 is 0. The van der Waals surface area contributed by atoms with Crippen LogP contribution < -0.4 is 0 Å². The Balaban J connectivity index is 1.68. The number of carbonyl (C=O) groups is 1. The van der Waals surface area contributed by atoms with E-state index >= 15 is 0 Å². The molecule has 2 saturated carbocycles. The molecule has 1 aromatic rings. The van der Waals surface area contributed by atoms with Gasteiger partial charge in [0.25, 0.3) is 0 Å². The van der Waals surface area contributed by atoms with Crippen molar-refractivity contribution < 1.29 is 9.90 Å². The first-order valence-corrected chi connectivity index (χ1v) is 6.32. The van der Waals surface area contributed by atoms with Crippen molar-refractivity contribution in [2.24, 2.45) is 17.3 Å². The van der Waals surface area contributed by atoms with Gasteiger partial charge < -0.3 is 5.11 Å². The molecule has 1 N–H and O–H groups in total. The lowest BCUT2D eigenvalue weighted by atomic mass is 9.78. The van der Waals surface area contributed by atoms with Gasteiger partial charge in [0.1, 0.15) is 0 Å². The fourth-order valence-electron chi connectivity index (χ4n) is 3.32. The molecule has 2 aliphatic carbocycles. The van der Waals surface area contributed by atoms with Crippen LogP contribution >= 0.6 is 0 Å². The summed E-state index contributed by atoms with van der Waals surface area (Å²) in [5, 5.41) is 9.47. The van der Waals surface area contributed by atoms with Gasteiger partial charge in [-0.3, -0.25) is 9.78 Å². The Hall–Kier alpha value is -1.38. The minimum Gasteiger partial charge on any atom is -0.481 e. The highest BCUT2D eigenvalue weighted by molar-refractivity contribution is 5.75. The molecule has 0 aliphatic heterocycles. The average Bonchev–Trinajstić information content (AvgIpc) is 2.96. The Morgan fingerprint density at radius 2 is 2.00 bits per heavy atom. The predicted octanol–water partition coefficient (Wildman–Crippen LogP) is 2.52. The molecule has 3 rings (SSSR count). The van der Waals surface area contributed by atoms with Gasteiger partial charge in [-0.15, -0.1) is 0 Å². The molecule has 0 amide bonds. The first-order valence-electron chi connectivity index (χ1n) is 6.32. The average molecular weight is 231 g/mol. The first-order chi connectivity index (χ1) is 8.20. The molecular weight excluding hydrogens is 214 g/mol. The third-order valence-corrected chi connectivity index (χ3v) is 4.47. The highest BCUT2D eigenvalue weighted by Crippen LogP contribution is 2.61. The van der Waals surface area contributed by atoms with Crippen molar-refractivity contribution in [2.45, 2.75) is 32.1 Å². The highest BCUT2D eigenvalue weighted by atomic mass is 16.4. The van der Waals surface area contributed by atoms with Crippen LogP contribution in [0.1, 0.15) is 31.2 Å². The summed E-state index contributed by atoms with van der Waals surface area (Å²) in [6, 6.07) is 3.95. The maximum absolute atomic E-state index is 11.5. The van der Waals surface area contributed by atoms with E-state index in [0.717, 1.165) is 25.7 Å². The summed E-state index contributed by atoms with van der Waals surface area (Å²) in [5.41, 5.74) is 0.762. The molecule has 2 atom stereocenters. The smallest absolute Gasteiger partial charge is 0.309 e. The quantitative estimate of drug-likeness (QED) is 0.866. The summed E-state index contributed by atoms with van der Waals surface area (Å²) in [4.78, 5) is 15.5. The molecule has 2 fully saturated rings. The van der Waals surface area contributed by atoms with Crippen molar-refractivity contribution in [2.75, 3.05) is 0 Å². The molecule has 1 heterocycles. The summed E-state index contributed by atoms with van der Waals surface area (Å²) >= 11 is 0. The molecule has 1 aromatic heterocycles. The van der Waals surface area contributed by atoms with Gasteiger partial charge >= 0.3 is 5.97 Å². The van der Waals surface area contributed by atoms with Crippen molar-refractivity contribution in [3.05, 3.63) is 30.1 Å². The van der Waals surface area contributed by atoms with Gasteiger partial charge in [0.2, 0.25) is 0 Å². The normalized spacial score (nSPS) is 34.4. The third-order valence-electron chi connectivity index (χ3n) is 4.47. The fourth-order valence-corrected chi connectivity index (χ4v) is 3.32. The number of aromatic nitrogens is 1. The molecule has 90 valence electrons. The summed E-state index contributed by atoms with van der Waals surface area (Å²) in [6.07, 6.45) is 8.25. The molecule has 3 nitrogen and oxygen atoms in total. The molecule has 3 heteroatoms. The van der Waals surface area contributed by atoms with Gasteiger partial charge in [-0.05, 0) is 61.6 Å². The zero-order chi connectivity index (χ0) is 11.9. The third kappa shape index (κ3) is 1.94. The van der Waals surface area contributed by atoms with Crippen LogP contribution in [0.25, 0.3) is 0 Å². The Bertz CT molecular complexity index is 419. The van der Waals surface area contributed by atoms with E-state index < -0.39 is 11.4 Å². The number of rotatable bonds is 4. The fraction of sp³-hybridized carbons (Fsp3) is 0.571. The van der Waals surface area contributed by atoms with E-state index in [1.54, 1.807) is 12.4 Å². The molecule has 17 heavy (non-hydrogen) atoms. The second-order valence-corrected chi connectivity index (χ2v) is 5.61. The monoisotopic (exact) mass is 231 g/mol. The number of hydrogen-bond donors (Lipinski definition) is 1. The second kappa shape index (κ2) is 3.83. The largest absolute Gasteiger partial charge is 0.481 e. The summed E-state index contributed by atoms with van der Waals surface area (Å²) in [6.45, 7) is 0. The minimum absolute atomic E-state index is 0.434. The molecule has 0 radical (unpaired) electrons. The van der Waals surface area contributed by atoms with Crippen molar-refractivity contribution in [1.29, 1.82) is 0 Å². The number of fused-ring (bicyclic) bond motifs is 1. The summed E-state index contributed by atoms with van der Waals surface area (Å²) in [5.74, 6) is 0.839. The Morgan fingerprint density at radius 1 is 1.35 bits per heavy atom. The number of carboxylic acid groups (broad SMARTS) is 1.